The summed E-state index contributed by atoms with van der Waals surface area (Å²) in [5, 5.41) is 0. The van der Waals surface area contributed by atoms with Gasteiger partial charge in [0.1, 0.15) is 17.5 Å². The maximum absolute atomic E-state index is 11.0. The Bertz CT molecular complexity index is 419. The van der Waals surface area contributed by atoms with Crippen LogP contribution in [-0.2, 0) is 11.2 Å². The van der Waals surface area contributed by atoms with Gasteiger partial charge in [0.05, 0.1) is 6.54 Å². The lowest BCUT2D eigenvalue weighted by atomic mass is 10.2. The molecule has 0 aliphatic rings. The van der Waals surface area contributed by atoms with E-state index in [0.717, 1.165) is 5.56 Å². The molecule has 1 amide bonds. The van der Waals surface area contributed by atoms with E-state index in [1.54, 1.807) is 4.90 Å². The van der Waals surface area contributed by atoms with Gasteiger partial charge in [-0.1, -0.05) is 6.92 Å². The summed E-state index contributed by atoms with van der Waals surface area (Å²) in [5.41, 5.74) is 11.8. The van der Waals surface area contributed by atoms with Crippen LogP contribution in [0, 0.1) is 6.92 Å². The number of hydrogen-bond acceptors (Lipinski definition) is 5. The zero-order chi connectivity index (χ0) is 13.0. The first-order valence-corrected chi connectivity index (χ1v) is 5.65. The third-order valence-electron chi connectivity index (χ3n) is 2.55. The molecule has 0 atom stereocenters. The number of hydrogen-bond donors (Lipinski definition) is 2. The lowest BCUT2D eigenvalue weighted by Gasteiger charge is -2.23. The van der Waals surface area contributed by atoms with Crippen molar-refractivity contribution in [2.75, 3.05) is 23.7 Å². The van der Waals surface area contributed by atoms with Crippen LogP contribution in [0.15, 0.2) is 0 Å². The molecule has 0 fully saturated rings. The van der Waals surface area contributed by atoms with Crippen LogP contribution in [0.4, 0.5) is 11.6 Å². The van der Waals surface area contributed by atoms with Crippen LogP contribution in [0.1, 0.15) is 25.2 Å². The number of rotatable bonds is 5. The molecule has 6 heteroatoms. The van der Waals surface area contributed by atoms with E-state index in [9.17, 15) is 4.79 Å². The first-order chi connectivity index (χ1) is 7.99. The molecule has 0 spiro atoms. The van der Waals surface area contributed by atoms with Crippen molar-refractivity contribution in [2.24, 2.45) is 5.73 Å². The van der Waals surface area contributed by atoms with Crippen LogP contribution >= 0.6 is 0 Å². The van der Waals surface area contributed by atoms with Crippen LogP contribution in [0.5, 0.6) is 0 Å². The van der Waals surface area contributed by atoms with E-state index in [2.05, 4.69) is 9.97 Å². The molecule has 0 aliphatic carbocycles. The molecule has 6 nitrogen and oxygen atoms in total. The second-order valence-corrected chi connectivity index (χ2v) is 3.81. The van der Waals surface area contributed by atoms with Crippen molar-refractivity contribution in [1.82, 2.24) is 9.97 Å². The summed E-state index contributed by atoms with van der Waals surface area (Å²) in [6.07, 6.45) is 0.700. The normalized spacial score (nSPS) is 10.3. The first-order valence-electron chi connectivity index (χ1n) is 5.65. The number of nitrogens with zero attached hydrogens (tertiary/aromatic N) is 3. The fourth-order valence-corrected chi connectivity index (χ4v) is 1.56. The van der Waals surface area contributed by atoms with Crippen LogP contribution < -0.4 is 16.4 Å². The van der Waals surface area contributed by atoms with Gasteiger partial charge in [-0.05, 0) is 13.8 Å². The molecule has 0 aliphatic heterocycles. The lowest BCUT2D eigenvalue weighted by molar-refractivity contribution is -0.116. The number of amides is 1. The summed E-state index contributed by atoms with van der Waals surface area (Å²) < 4.78 is 0. The van der Waals surface area contributed by atoms with Gasteiger partial charge in [0.2, 0.25) is 5.91 Å². The van der Waals surface area contributed by atoms with E-state index in [4.69, 9.17) is 11.5 Å². The summed E-state index contributed by atoms with van der Waals surface area (Å²) in [6, 6.07) is 0. The molecule has 0 bridgehead atoms. The van der Waals surface area contributed by atoms with Crippen molar-refractivity contribution in [3.63, 3.8) is 0 Å². The smallest absolute Gasteiger partial charge is 0.236 e. The highest BCUT2D eigenvalue weighted by Crippen LogP contribution is 2.21. The molecule has 94 valence electrons. The number of aromatic nitrogens is 2. The number of aryl methyl sites for hydroxylation is 1. The van der Waals surface area contributed by atoms with Gasteiger partial charge in [-0.15, -0.1) is 0 Å². The van der Waals surface area contributed by atoms with Crippen molar-refractivity contribution in [2.45, 2.75) is 27.2 Å². The van der Waals surface area contributed by atoms with E-state index in [1.165, 1.54) is 0 Å². The van der Waals surface area contributed by atoms with Crippen molar-refractivity contribution >= 4 is 17.5 Å². The molecule has 1 aromatic heterocycles. The highest BCUT2D eigenvalue weighted by molar-refractivity contribution is 5.79. The lowest BCUT2D eigenvalue weighted by Crippen LogP contribution is -2.35. The van der Waals surface area contributed by atoms with Gasteiger partial charge >= 0.3 is 0 Å². The Balaban J connectivity index is 3.17. The third kappa shape index (κ3) is 3.05. The zero-order valence-corrected chi connectivity index (χ0v) is 10.5. The molecule has 0 aromatic carbocycles. The molecular weight excluding hydrogens is 218 g/mol. The van der Waals surface area contributed by atoms with E-state index < -0.39 is 0 Å². The topological polar surface area (TPSA) is 98.1 Å². The van der Waals surface area contributed by atoms with Gasteiger partial charge in [-0.3, -0.25) is 4.79 Å². The largest absolute Gasteiger partial charge is 0.383 e. The van der Waals surface area contributed by atoms with Gasteiger partial charge in [0, 0.05) is 18.5 Å². The Morgan fingerprint density at radius 2 is 2.00 bits per heavy atom. The van der Waals surface area contributed by atoms with Gasteiger partial charge in [-0.2, -0.15) is 0 Å². The van der Waals surface area contributed by atoms with Gasteiger partial charge in [-0.25, -0.2) is 9.97 Å². The van der Waals surface area contributed by atoms with Gasteiger partial charge in [0.25, 0.3) is 0 Å². The molecular formula is C11H19N5O. The maximum atomic E-state index is 11.0. The molecule has 0 unspecified atom stereocenters. The Hall–Kier alpha value is -1.85. The molecule has 1 aromatic rings. The molecule has 17 heavy (non-hydrogen) atoms. The van der Waals surface area contributed by atoms with E-state index in [-0.39, 0.29) is 12.5 Å². The fraction of sp³-hybridized carbons (Fsp3) is 0.545. The minimum absolute atomic E-state index is 0.136. The Kier molecular flexibility index (Phi) is 4.25. The maximum Gasteiger partial charge on any atom is 0.236 e. The van der Waals surface area contributed by atoms with Crippen LogP contribution in [-0.4, -0.2) is 29.0 Å². The van der Waals surface area contributed by atoms with Crippen molar-refractivity contribution in [3.8, 4) is 0 Å². The van der Waals surface area contributed by atoms with E-state index in [0.29, 0.717) is 30.4 Å². The molecule has 1 rings (SSSR count). The van der Waals surface area contributed by atoms with E-state index in [1.807, 2.05) is 20.8 Å². The Morgan fingerprint density at radius 1 is 1.35 bits per heavy atom. The first kappa shape index (κ1) is 13.2. The summed E-state index contributed by atoms with van der Waals surface area (Å²) >= 11 is 0. The quantitative estimate of drug-likeness (QED) is 0.764. The summed E-state index contributed by atoms with van der Waals surface area (Å²) in [5.74, 6) is 1.43. The molecule has 4 N–H and O–H groups in total. The predicted octanol–water partition coefficient (Wildman–Crippen LogP) is 0.241. The average molecular weight is 237 g/mol. The molecule has 1 heterocycles. The van der Waals surface area contributed by atoms with Crippen LogP contribution in [0.25, 0.3) is 0 Å². The standard InChI is InChI=1S/C11H19N5O/c1-4-9-14-10(13)7(3)11(15-9)16(5-2)6-8(12)17/h4-6H2,1-3H3,(H2,12,17)(H2,13,14,15). The number of nitrogen functional groups attached to an aromatic ring is 1. The van der Waals surface area contributed by atoms with Crippen molar-refractivity contribution < 1.29 is 4.79 Å². The van der Waals surface area contributed by atoms with Gasteiger partial charge < -0.3 is 16.4 Å². The minimum Gasteiger partial charge on any atom is -0.383 e. The fourth-order valence-electron chi connectivity index (χ4n) is 1.56. The third-order valence-corrected chi connectivity index (χ3v) is 2.55. The monoisotopic (exact) mass is 237 g/mol. The van der Waals surface area contributed by atoms with Crippen molar-refractivity contribution in [1.29, 1.82) is 0 Å². The van der Waals surface area contributed by atoms with Gasteiger partial charge in [0.15, 0.2) is 0 Å². The second kappa shape index (κ2) is 5.47. The molecule has 0 radical (unpaired) electrons. The number of carbonyl (C=O) groups excluding carboxylic acids is 1. The summed E-state index contributed by atoms with van der Waals surface area (Å²) in [7, 11) is 0. The summed E-state index contributed by atoms with van der Waals surface area (Å²) in [6.45, 7) is 6.51. The Labute approximate surface area is 101 Å². The Morgan fingerprint density at radius 3 is 2.47 bits per heavy atom. The zero-order valence-electron chi connectivity index (χ0n) is 10.5. The highest BCUT2D eigenvalue weighted by atomic mass is 16.1. The molecule has 0 saturated carbocycles. The number of primary amides is 1. The average Bonchev–Trinajstić information content (AvgIpc) is 2.29. The second-order valence-electron chi connectivity index (χ2n) is 3.81. The number of carbonyl (C=O) groups is 1. The van der Waals surface area contributed by atoms with Crippen LogP contribution in [0.3, 0.4) is 0 Å². The van der Waals surface area contributed by atoms with E-state index >= 15 is 0 Å². The number of nitrogens with two attached hydrogens (primary N) is 2. The number of anilines is 2. The predicted molar refractivity (Wildman–Crippen MR) is 67.6 cm³/mol. The SMILES string of the molecule is CCc1nc(N)c(C)c(N(CC)CC(N)=O)n1. The minimum atomic E-state index is -0.388. The van der Waals surface area contributed by atoms with Crippen LogP contribution in [0.2, 0.25) is 0 Å². The molecule has 0 saturated heterocycles. The summed E-state index contributed by atoms with van der Waals surface area (Å²) in [4.78, 5) is 21.4. The number of likely N-dealkylation sites (N-methyl/N-ethyl adjacent to an activating group) is 1. The van der Waals surface area contributed by atoms with Crippen molar-refractivity contribution in [3.05, 3.63) is 11.4 Å². The highest BCUT2D eigenvalue weighted by Gasteiger charge is 2.15.